The molecule has 2 aliphatic rings. The van der Waals surface area contributed by atoms with Crippen molar-refractivity contribution in [3.05, 3.63) is 0 Å². The second kappa shape index (κ2) is 6.25. The third-order valence-electron chi connectivity index (χ3n) is 5.08. The van der Waals surface area contributed by atoms with Crippen LogP contribution in [0.25, 0.3) is 0 Å². The number of carbonyl (C=O) groups is 1. The Kier molecular flexibility index (Phi) is 4.88. The predicted octanol–water partition coefficient (Wildman–Crippen LogP) is 3.44. The van der Waals surface area contributed by atoms with Crippen molar-refractivity contribution in [2.24, 2.45) is 17.3 Å². The van der Waals surface area contributed by atoms with Crippen LogP contribution in [0, 0.1) is 17.3 Å². The molecule has 0 aliphatic heterocycles. The number of carboxylic acid groups (broad SMARTS) is 1. The van der Waals surface area contributed by atoms with E-state index in [0.29, 0.717) is 11.5 Å². The van der Waals surface area contributed by atoms with Gasteiger partial charge in [-0.2, -0.15) is 0 Å². The molecule has 0 radical (unpaired) electrons. The van der Waals surface area contributed by atoms with Crippen molar-refractivity contribution in [2.75, 3.05) is 6.54 Å². The molecule has 3 heteroatoms. The van der Waals surface area contributed by atoms with Crippen LogP contribution in [-0.4, -0.2) is 23.7 Å². The highest BCUT2D eigenvalue weighted by Crippen LogP contribution is 2.38. The molecule has 2 N–H and O–H groups in total. The summed E-state index contributed by atoms with van der Waals surface area (Å²) in [6.07, 6.45) is 9.20. The number of aliphatic carboxylic acids is 1. The van der Waals surface area contributed by atoms with E-state index < -0.39 is 5.97 Å². The lowest BCUT2D eigenvalue weighted by atomic mass is 9.72. The van der Waals surface area contributed by atoms with Gasteiger partial charge in [-0.3, -0.25) is 4.79 Å². The first kappa shape index (κ1) is 14.8. The minimum absolute atomic E-state index is 0.0911. The Morgan fingerprint density at radius 2 is 1.89 bits per heavy atom. The van der Waals surface area contributed by atoms with Crippen LogP contribution in [0.1, 0.15) is 65.2 Å². The Morgan fingerprint density at radius 3 is 2.47 bits per heavy atom. The molecule has 19 heavy (non-hydrogen) atoms. The van der Waals surface area contributed by atoms with Crippen LogP contribution in [0.15, 0.2) is 0 Å². The van der Waals surface area contributed by atoms with Crippen LogP contribution >= 0.6 is 0 Å². The Labute approximate surface area is 117 Å². The molecule has 0 saturated heterocycles. The summed E-state index contributed by atoms with van der Waals surface area (Å²) in [5, 5.41) is 12.7. The van der Waals surface area contributed by atoms with Gasteiger partial charge in [-0.05, 0) is 62.8 Å². The van der Waals surface area contributed by atoms with Crippen molar-refractivity contribution < 1.29 is 9.90 Å². The SMILES string of the molecule is CC1(C)CCCC(CNC2CCC(C(=O)O)CC2)C1. The maximum Gasteiger partial charge on any atom is 0.306 e. The Balaban J connectivity index is 1.68. The highest BCUT2D eigenvalue weighted by Gasteiger charge is 2.29. The van der Waals surface area contributed by atoms with Gasteiger partial charge in [-0.25, -0.2) is 0 Å². The van der Waals surface area contributed by atoms with Gasteiger partial charge in [-0.1, -0.05) is 20.3 Å². The van der Waals surface area contributed by atoms with Crippen molar-refractivity contribution in [3.63, 3.8) is 0 Å². The predicted molar refractivity (Wildman–Crippen MR) is 77.1 cm³/mol. The summed E-state index contributed by atoms with van der Waals surface area (Å²) in [5.74, 6) is 0.125. The first-order valence-corrected chi connectivity index (χ1v) is 7.92. The van der Waals surface area contributed by atoms with Crippen LogP contribution in [0.2, 0.25) is 0 Å². The van der Waals surface area contributed by atoms with Crippen molar-refractivity contribution >= 4 is 5.97 Å². The van der Waals surface area contributed by atoms with E-state index in [4.69, 9.17) is 5.11 Å². The van der Waals surface area contributed by atoms with Crippen LogP contribution in [0.3, 0.4) is 0 Å². The van der Waals surface area contributed by atoms with E-state index >= 15 is 0 Å². The van der Waals surface area contributed by atoms with E-state index in [1.807, 2.05) is 0 Å². The molecule has 0 aromatic rings. The van der Waals surface area contributed by atoms with Gasteiger partial charge >= 0.3 is 5.97 Å². The number of carboxylic acids is 1. The lowest BCUT2D eigenvalue weighted by molar-refractivity contribution is -0.142. The van der Waals surface area contributed by atoms with Gasteiger partial charge in [0.05, 0.1) is 5.92 Å². The van der Waals surface area contributed by atoms with Gasteiger partial charge in [0, 0.05) is 6.04 Å². The van der Waals surface area contributed by atoms with Gasteiger partial charge in [0.25, 0.3) is 0 Å². The van der Waals surface area contributed by atoms with Crippen LogP contribution in [-0.2, 0) is 4.79 Å². The minimum atomic E-state index is -0.604. The first-order chi connectivity index (χ1) is 8.96. The Morgan fingerprint density at radius 1 is 1.21 bits per heavy atom. The van der Waals surface area contributed by atoms with Gasteiger partial charge in [0.2, 0.25) is 0 Å². The fourth-order valence-electron chi connectivity index (χ4n) is 3.91. The molecule has 2 saturated carbocycles. The molecule has 0 amide bonds. The molecular formula is C16H29NO2. The lowest BCUT2D eigenvalue weighted by Crippen LogP contribution is -2.39. The van der Waals surface area contributed by atoms with Gasteiger partial charge in [-0.15, -0.1) is 0 Å². The fourth-order valence-corrected chi connectivity index (χ4v) is 3.91. The molecule has 2 aliphatic carbocycles. The summed E-state index contributed by atoms with van der Waals surface area (Å²) >= 11 is 0. The van der Waals surface area contributed by atoms with Crippen molar-refractivity contribution in [3.8, 4) is 0 Å². The molecule has 1 atom stereocenters. The fraction of sp³-hybridized carbons (Fsp3) is 0.938. The summed E-state index contributed by atoms with van der Waals surface area (Å²) in [4.78, 5) is 10.9. The molecule has 0 spiro atoms. The Bertz CT molecular complexity index is 306. The highest BCUT2D eigenvalue weighted by molar-refractivity contribution is 5.70. The van der Waals surface area contributed by atoms with E-state index in [2.05, 4.69) is 19.2 Å². The summed E-state index contributed by atoms with van der Waals surface area (Å²) < 4.78 is 0. The summed E-state index contributed by atoms with van der Waals surface area (Å²) in [6, 6.07) is 0.556. The summed E-state index contributed by atoms with van der Waals surface area (Å²) in [6.45, 7) is 5.90. The van der Waals surface area contributed by atoms with E-state index in [9.17, 15) is 4.79 Å². The third kappa shape index (κ3) is 4.48. The second-order valence-electron chi connectivity index (χ2n) is 7.42. The topological polar surface area (TPSA) is 49.3 Å². The maximum absolute atomic E-state index is 10.9. The van der Waals surface area contributed by atoms with E-state index in [0.717, 1.165) is 38.1 Å². The number of hydrogen-bond donors (Lipinski definition) is 2. The molecule has 0 heterocycles. The van der Waals surface area contributed by atoms with Gasteiger partial charge in [0.15, 0.2) is 0 Å². The van der Waals surface area contributed by atoms with E-state index in [-0.39, 0.29) is 5.92 Å². The number of nitrogens with one attached hydrogen (secondary N) is 1. The van der Waals surface area contributed by atoms with Gasteiger partial charge in [0.1, 0.15) is 0 Å². The monoisotopic (exact) mass is 267 g/mol. The van der Waals surface area contributed by atoms with Crippen LogP contribution in [0.5, 0.6) is 0 Å². The average molecular weight is 267 g/mol. The molecule has 0 bridgehead atoms. The third-order valence-corrected chi connectivity index (χ3v) is 5.08. The van der Waals surface area contributed by atoms with Crippen molar-refractivity contribution in [1.82, 2.24) is 5.32 Å². The van der Waals surface area contributed by atoms with E-state index in [1.165, 1.54) is 25.7 Å². The lowest BCUT2D eigenvalue weighted by Gasteiger charge is -2.36. The molecule has 1 unspecified atom stereocenters. The molecule has 3 nitrogen and oxygen atoms in total. The summed E-state index contributed by atoms with van der Waals surface area (Å²) in [7, 11) is 0. The first-order valence-electron chi connectivity index (χ1n) is 7.92. The zero-order chi connectivity index (χ0) is 13.9. The average Bonchev–Trinajstić information content (AvgIpc) is 2.36. The van der Waals surface area contributed by atoms with Gasteiger partial charge < -0.3 is 10.4 Å². The maximum atomic E-state index is 10.9. The molecular weight excluding hydrogens is 238 g/mol. The molecule has 2 rings (SSSR count). The van der Waals surface area contributed by atoms with Crippen LogP contribution < -0.4 is 5.32 Å². The minimum Gasteiger partial charge on any atom is -0.481 e. The largest absolute Gasteiger partial charge is 0.481 e. The van der Waals surface area contributed by atoms with Crippen LogP contribution in [0.4, 0.5) is 0 Å². The smallest absolute Gasteiger partial charge is 0.306 e. The molecule has 110 valence electrons. The number of hydrogen-bond acceptors (Lipinski definition) is 2. The Hall–Kier alpha value is -0.570. The highest BCUT2D eigenvalue weighted by atomic mass is 16.4. The number of rotatable bonds is 4. The van der Waals surface area contributed by atoms with Crippen molar-refractivity contribution in [1.29, 1.82) is 0 Å². The normalized spacial score (nSPS) is 34.9. The van der Waals surface area contributed by atoms with Crippen molar-refractivity contribution in [2.45, 2.75) is 71.3 Å². The second-order valence-corrected chi connectivity index (χ2v) is 7.42. The quantitative estimate of drug-likeness (QED) is 0.820. The molecule has 2 fully saturated rings. The van der Waals surface area contributed by atoms with E-state index in [1.54, 1.807) is 0 Å². The zero-order valence-electron chi connectivity index (χ0n) is 12.5. The standard InChI is InChI=1S/C16H29NO2/c1-16(2)9-3-4-12(10-16)11-17-14-7-5-13(6-8-14)15(18)19/h12-14,17H,3-11H2,1-2H3,(H,18,19). The zero-order valence-corrected chi connectivity index (χ0v) is 12.5. The molecule has 0 aromatic carbocycles. The molecule has 0 aromatic heterocycles. The summed E-state index contributed by atoms with van der Waals surface area (Å²) in [5.41, 5.74) is 0.519.